The molecule has 0 saturated carbocycles. The first-order chi connectivity index (χ1) is 27.1. The number of alkyl carbamates (subject to hydrolysis) is 1. The molecule has 17 heteroatoms. The standard InChI is InChI=1S/C39H45N11O6/c1-22(2)33(46-38(53)54)37(52)50-17-5-7-32(50)35-41-21-30(44-35)26-14-10-24(11-15-26)23-8-12-25(13-9-23)29-20-40-34(43-29)31-6-4-16-49(31)36(51)28(45-39(55)56-3)18-27-19-42-48-47-27/h8-15,19-22,28,31-33,46H,4-7,16-18H2,1-3H3,(H,40,43)(H,41,44)(H,45,55)(H,53,54)(H,42,47,48)/t28-,31-,32-,33-/m0/s1. The minimum absolute atomic E-state index is 0.161. The lowest BCUT2D eigenvalue weighted by Crippen LogP contribution is -2.50. The number of methoxy groups -OCH3 is 1. The second kappa shape index (κ2) is 16.5. The molecule has 0 radical (unpaired) electrons. The van der Waals surface area contributed by atoms with Crippen LogP contribution in [0.1, 0.15) is 69.0 Å². The summed E-state index contributed by atoms with van der Waals surface area (Å²) in [6.07, 6.45) is 6.37. The molecule has 5 heterocycles. The monoisotopic (exact) mass is 763 g/mol. The van der Waals surface area contributed by atoms with Crippen LogP contribution in [0.2, 0.25) is 0 Å². The highest BCUT2D eigenvalue weighted by Crippen LogP contribution is 2.35. The Labute approximate surface area is 322 Å². The summed E-state index contributed by atoms with van der Waals surface area (Å²) < 4.78 is 4.77. The molecule has 2 aliphatic rings. The molecule has 0 unspecified atom stereocenters. The highest BCUT2D eigenvalue weighted by molar-refractivity contribution is 5.87. The van der Waals surface area contributed by atoms with Gasteiger partial charge >= 0.3 is 12.2 Å². The number of nitrogens with one attached hydrogen (secondary N) is 5. The fourth-order valence-corrected chi connectivity index (χ4v) is 7.58. The number of rotatable bonds is 12. The summed E-state index contributed by atoms with van der Waals surface area (Å²) in [4.78, 5) is 70.1. The molecule has 4 amide bonds. The number of aromatic amines is 3. The quantitative estimate of drug-likeness (QED) is 0.101. The number of benzene rings is 2. The molecule has 5 aromatic rings. The Morgan fingerprint density at radius 3 is 1.77 bits per heavy atom. The van der Waals surface area contributed by atoms with E-state index in [1.807, 2.05) is 62.4 Å². The molecule has 2 saturated heterocycles. The number of carboxylic acid groups (broad SMARTS) is 1. The lowest BCUT2D eigenvalue weighted by Gasteiger charge is -2.29. The molecule has 292 valence electrons. The smallest absolute Gasteiger partial charge is 0.407 e. The van der Waals surface area contributed by atoms with Crippen molar-refractivity contribution in [2.24, 2.45) is 5.92 Å². The molecule has 56 heavy (non-hydrogen) atoms. The average molecular weight is 764 g/mol. The number of imidazole rings is 2. The molecule has 2 fully saturated rings. The van der Waals surface area contributed by atoms with Gasteiger partial charge in [-0.2, -0.15) is 15.4 Å². The molecular weight excluding hydrogens is 718 g/mol. The van der Waals surface area contributed by atoms with Crippen molar-refractivity contribution in [1.82, 2.24) is 55.8 Å². The van der Waals surface area contributed by atoms with E-state index in [4.69, 9.17) is 4.74 Å². The van der Waals surface area contributed by atoms with E-state index in [1.165, 1.54) is 13.3 Å². The molecule has 7 rings (SSSR count). The van der Waals surface area contributed by atoms with Crippen LogP contribution in [0.25, 0.3) is 33.6 Å². The van der Waals surface area contributed by atoms with Crippen LogP contribution in [-0.4, -0.2) is 107 Å². The zero-order valence-electron chi connectivity index (χ0n) is 31.4. The minimum atomic E-state index is -1.22. The van der Waals surface area contributed by atoms with Crippen molar-refractivity contribution in [3.63, 3.8) is 0 Å². The van der Waals surface area contributed by atoms with Crippen LogP contribution in [0.4, 0.5) is 9.59 Å². The largest absolute Gasteiger partial charge is 0.465 e. The van der Waals surface area contributed by atoms with Gasteiger partial charge in [0, 0.05) is 19.5 Å². The summed E-state index contributed by atoms with van der Waals surface area (Å²) in [5.41, 5.74) is 6.14. The first-order valence-electron chi connectivity index (χ1n) is 18.7. The Morgan fingerprint density at radius 2 is 1.30 bits per heavy atom. The van der Waals surface area contributed by atoms with Gasteiger partial charge in [-0.1, -0.05) is 62.4 Å². The van der Waals surface area contributed by atoms with Crippen LogP contribution >= 0.6 is 0 Å². The molecule has 2 aromatic carbocycles. The average Bonchev–Trinajstić information content (AvgIpc) is 4.05. The summed E-state index contributed by atoms with van der Waals surface area (Å²) in [5, 5.41) is 24.7. The molecule has 17 nitrogen and oxygen atoms in total. The first kappa shape index (κ1) is 37.8. The Bertz CT molecular complexity index is 2150. The zero-order valence-corrected chi connectivity index (χ0v) is 31.4. The third-order valence-corrected chi connectivity index (χ3v) is 10.5. The fraction of sp³-hybridized carbons (Fsp3) is 0.385. The Balaban J connectivity index is 1.00. The van der Waals surface area contributed by atoms with E-state index in [0.29, 0.717) is 30.4 Å². The van der Waals surface area contributed by atoms with E-state index >= 15 is 0 Å². The summed E-state index contributed by atoms with van der Waals surface area (Å²) in [7, 11) is 1.25. The van der Waals surface area contributed by atoms with Crippen molar-refractivity contribution in [3.8, 4) is 33.6 Å². The number of carbonyl (C=O) groups is 4. The molecule has 0 bridgehead atoms. The minimum Gasteiger partial charge on any atom is -0.465 e. The number of ether oxygens (including phenoxy) is 1. The van der Waals surface area contributed by atoms with Gasteiger partial charge in [0.25, 0.3) is 0 Å². The number of nitrogens with zero attached hydrogens (tertiary/aromatic N) is 6. The number of hydrogen-bond acceptors (Lipinski definition) is 9. The highest BCUT2D eigenvalue weighted by atomic mass is 16.5. The predicted octanol–water partition coefficient (Wildman–Crippen LogP) is 4.84. The number of likely N-dealkylation sites (tertiary alicyclic amines) is 2. The molecular formula is C39H45N11O6. The van der Waals surface area contributed by atoms with Crippen molar-refractivity contribution in [2.75, 3.05) is 20.2 Å². The van der Waals surface area contributed by atoms with Gasteiger partial charge in [0.05, 0.1) is 54.9 Å². The van der Waals surface area contributed by atoms with Crippen molar-refractivity contribution in [2.45, 2.75) is 70.1 Å². The molecule has 2 aliphatic heterocycles. The van der Waals surface area contributed by atoms with Crippen molar-refractivity contribution < 1.29 is 29.0 Å². The summed E-state index contributed by atoms with van der Waals surface area (Å²) in [6.45, 7) is 4.73. The molecule has 0 spiro atoms. The van der Waals surface area contributed by atoms with Crippen LogP contribution in [0, 0.1) is 5.92 Å². The van der Waals surface area contributed by atoms with Gasteiger partial charge in [0.1, 0.15) is 23.7 Å². The van der Waals surface area contributed by atoms with Crippen molar-refractivity contribution >= 4 is 24.0 Å². The fourth-order valence-electron chi connectivity index (χ4n) is 7.58. The van der Waals surface area contributed by atoms with Crippen LogP contribution in [-0.2, 0) is 20.7 Å². The third kappa shape index (κ3) is 8.11. The third-order valence-electron chi connectivity index (χ3n) is 10.5. The maximum absolute atomic E-state index is 13.7. The molecule has 4 atom stereocenters. The highest BCUT2D eigenvalue weighted by Gasteiger charge is 2.38. The van der Waals surface area contributed by atoms with Gasteiger partial charge in [-0.15, -0.1) is 0 Å². The Morgan fingerprint density at radius 1 is 0.786 bits per heavy atom. The van der Waals surface area contributed by atoms with Crippen LogP contribution < -0.4 is 10.6 Å². The maximum Gasteiger partial charge on any atom is 0.407 e. The van der Waals surface area contributed by atoms with Crippen LogP contribution in [0.5, 0.6) is 0 Å². The first-order valence-corrected chi connectivity index (χ1v) is 18.7. The van der Waals surface area contributed by atoms with Gasteiger partial charge in [-0.05, 0) is 53.9 Å². The van der Waals surface area contributed by atoms with E-state index in [9.17, 15) is 24.3 Å². The second-order valence-corrected chi connectivity index (χ2v) is 14.4. The summed E-state index contributed by atoms with van der Waals surface area (Å²) in [5.74, 6) is 0.678. The lowest BCUT2D eigenvalue weighted by atomic mass is 10.0. The van der Waals surface area contributed by atoms with E-state index in [1.54, 1.807) is 22.2 Å². The van der Waals surface area contributed by atoms with E-state index < -0.39 is 24.3 Å². The Hall–Kier alpha value is -6.52. The van der Waals surface area contributed by atoms with Crippen LogP contribution in [0.3, 0.4) is 0 Å². The number of aromatic nitrogens is 7. The number of H-pyrrole nitrogens is 3. The summed E-state index contributed by atoms with van der Waals surface area (Å²) >= 11 is 0. The maximum atomic E-state index is 13.7. The number of hydrogen-bond donors (Lipinski definition) is 6. The SMILES string of the molecule is COC(=O)N[C@@H](Cc1cn[nH]n1)C(=O)N1CCC[C@H]1c1ncc(-c2ccc(-c3ccc(-c4cnc([C@@H]5CCCN5C(=O)[C@@H](NC(=O)O)C(C)C)[nH]4)cc3)cc2)[nH]1. The Kier molecular flexibility index (Phi) is 11.1. The van der Waals surface area contributed by atoms with Gasteiger partial charge in [0.2, 0.25) is 11.8 Å². The predicted molar refractivity (Wildman–Crippen MR) is 204 cm³/mol. The topological polar surface area (TPSA) is 227 Å². The number of amides is 4. The lowest BCUT2D eigenvalue weighted by molar-refractivity contribution is -0.135. The van der Waals surface area contributed by atoms with E-state index in [0.717, 1.165) is 59.3 Å². The van der Waals surface area contributed by atoms with Gasteiger partial charge in [0.15, 0.2) is 0 Å². The zero-order chi connectivity index (χ0) is 39.3. The van der Waals surface area contributed by atoms with Crippen molar-refractivity contribution in [1.29, 1.82) is 0 Å². The van der Waals surface area contributed by atoms with E-state index in [-0.39, 0.29) is 36.2 Å². The summed E-state index contributed by atoms with van der Waals surface area (Å²) in [6, 6.07) is 14.1. The van der Waals surface area contributed by atoms with Gasteiger partial charge in [-0.3, -0.25) is 9.59 Å². The van der Waals surface area contributed by atoms with Gasteiger partial charge in [-0.25, -0.2) is 19.6 Å². The molecule has 0 aliphatic carbocycles. The molecule has 6 N–H and O–H groups in total. The normalized spacial score (nSPS) is 17.9. The van der Waals surface area contributed by atoms with E-state index in [2.05, 4.69) is 46.0 Å². The second-order valence-electron chi connectivity index (χ2n) is 14.4. The van der Waals surface area contributed by atoms with Crippen LogP contribution in [0.15, 0.2) is 67.1 Å². The molecule has 3 aromatic heterocycles. The van der Waals surface area contributed by atoms with Gasteiger partial charge < -0.3 is 40.2 Å². The number of carbonyl (C=O) groups excluding carboxylic acids is 3. The van der Waals surface area contributed by atoms with Crippen molar-refractivity contribution in [3.05, 3.63) is 84.5 Å².